The van der Waals surface area contributed by atoms with Crippen LogP contribution >= 0.6 is 23.1 Å². The van der Waals surface area contributed by atoms with Crippen molar-refractivity contribution in [2.24, 2.45) is 29.6 Å². The van der Waals surface area contributed by atoms with Crippen LogP contribution in [0.4, 0.5) is 0 Å². The molecule has 0 radical (unpaired) electrons. The highest BCUT2D eigenvalue weighted by atomic mass is 32.2. The summed E-state index contributed by atoms with van der Waals surface area (Å²) in [7, 11) is 0. The van der Waals surface area contributed by atoms with Crippen molar-refractivity contribution < 1.29 is 29.0 Å². The average Bonchev–Trinajstić information content (AvgIpc) is 3.72. The Morgan fingerprint density at radius 2 is 1.76 bits per heavy atom. The zero-order valence-corrected chi connectivity index (χ0v) is 24.7. The van der Waals surface area contributed by atoms with Crippen molar-refractivity contribution in [2.45, 2.75) is 54.7 Å². The SMILES string of the molecule is O=C(O)CCCN1C(=O)C2C3CC(C2C1=O)C1C3Sc2[nH]c(=O)sc2[C@@H]1c1ccccc1OCC(=O)N1CCCCC1. The molecule has 10 nitrogen and oxygen atoms in total. The van der Waals surface area contributed by atoms with Crippen LogP contribution < -0.4 is 9.61 Å². The minimum absolute atomic E-state index is 0.0104. The number of hydrogen-bond acceptors (Lipinski definition) is 8. The summed E-state index contributed by atoms with van der Waals surface area (Å²) in [5, 5.41) is 9.90. The van der Waals surface area contributed by atoms with Crippen molar-refractivity contribution in [1.29, 1.82) is 0 Å². The Bertz CT molecular complexity index is 1500. The lowest BCUT2D eigenvalue weighted by Crippen LogP contribution is -2.43. The van der Waals surface area contributed by atoms with Crippen LogP contribution in [0.15, 0.2) is 34.1 Å². The van der Waals surface area contributed by atoms with Gasteiger partial charge in [0.25, 0.3) is 5.91 Å². The van der Waals surface area contributed by atoms with E-state index in [9.17, 15) is 24.0 Å². The van der Waals surface area contributed by atoms with Gasteiger partial charge in [-0.25, -0.2) is 0 Å². The fraction of sp³-hybridized carbons (Fsp3) is 0.567. The quantitative estimate of drug-likeness (QED) is 0.435. The molecule has 2 saturated carbocycles. The lowest BCUT2D eigenvalue weighted by molar-refractivity contribution is -0.142. The molecule has 2 aliphatic carbocycles. The number of carboxylic acid groups (broad SMARTS) is 1. The molecule has 2 aromatic rings. The summed E-state index contributed by atoms with van der Waals surface area (Å²) in [5.41, 5.74) is 0.898. The van der Waals surface area contributed by atoms with Gasteiger partial charge < -0.3 is 19.7 Å². The van der Waals surface area contributed by atoms with Crippen LogP contribution in [0, 0.1) is 29.6 Å². The first kappa shape index (κ1) is 27.7. The van der Waals surface area contributed by atoms with Gasteiger partial charge in [-0.3, -0.25) is 28.9 Å². The van der Waals surface area contributed by atoms with Crippen LogP contribution in [0.2, 0.25) is 0 Å². The number of carbonyl (C=O) groups is 4. The first-order chi connectivity index (χ1) is 20.3. The third-order valence-electron chi connectivity index (χ3n) is 9.90. The highest BCUT2D eigenvalue weighted by molar-refractivity contribution is 8.00. The molecule has 12 heteroatoms. The number of aromatic nitrogens is 1. The number of hydrogen-bond donors (Lipinski definition) is 2. The summed E-state index contributed by atoms with van der Waals surface area (Å²) >= 11 is 2.81. The van der Waals surface area contributed by atoms with Gasteiger partial charge in [-0.2, -0.15) is 0 Å². The van der Waals surface area contributed by atoms with E-state index in [4.69, 9.17) is 9.84 Å². The molecule has 1 aromatic heterocycles. The number of amides is 3. The van der Waals surface area contributed by atoms with E-state index in [-0.39, 0.29) is 77.5 Å². The Balaban J connectivity index is 1.20. The van der Waals surface area contributed by atoms with Crippen LogP contribution in [0.1, 0.15) is 54.9 Å². The van der Waals surface area contributed by atoms with Gasteiger partial charge in [0.05, 0.1) is 16.9 Å². The van der Waals surface area contributed by atoms with E-state index in [1.807, 2.05) is 29.2 Å². The molecule has 42 heavy (non-hydrogen) atoms. The normalized spacial score (nSPS) is 31.2. The Kier molecular flexibility index (Phi) is 7.16. The van der Waals surface area contributed by atoms with E-state index in [1.54, 1.807) is 11.8 Å². The number of H-pyrrole nitrogens is 1. The van der Waals surface area contributed by atoms with E-state index in [1.165, 1.54) is 16.2 Å². The Hall–Kier alpha value is -3.12. The van der Waals surface area contributed by atoms with Crippen molar-refractivity contribution in [2.75, 3.05) is 26.2 Å². The third-order valence-corrected chi connectivity index (χ3v) is 12.5. The van der Waals surface area contributed by atoms with E-state index in [2.05, 4.69) is 4.98 Å². The number of nitrogens with zero attached hydrogens (tertiary/aromatic N) is 2. The van der Waals surface area contributed by atoms with Gasteiger partial charge in [0, 0.05) is 47.7 Å². The van der Waals surface area contributed by atoms with Gasteiger partial charge in [0.2, 0.25) is 11.8 Å². The number of carbonyl (C=O) groups excluding carboxylic acids is 3. The zero-order valence-electron chi connectivity index (χ0n) is 23.0. The summed E-state index contributed by atoms with van der Waals surface area (Å²) in [5.74, 6) is -1.82. The molecule has 2 bridgehead atoms. The smallest absolute Gasteiger partial charge is 0.305 e. The molecule has 6 unspecified atom stereocenters. The van der Waals surface area contributed by atoms with Gasteiger partial charge >= 0.3 is 10.8 Å². The van der Waals surface area contributed by atoms with Gasteiger partial charge in [0.1, 0.15) is 5.75 Å². The standard InChI is InChI=1S/C30H33N3O7S2/c34-19(32-10-4-1-5-11-32)14-40-18-8-3-2-7-15(18)21-22-16-13-17(25(22)41-27-26(21)42-30(39)31-27)24-23(16)28(37)33(29(24)38)12-6-9-20(35)36/h2-3,7-8,16-17,21-25H,1,4-6,9-14H2,(H,31,39)(H,35,36)/t16?,17?,21-,22?,23?,24?,25?/m1/s1. The van der Waals surface area contributed by atoms with Crippen molar-refractivity contribution in [3.05, 3.63) is 44.4 Å². The molecule has 222 valence electrons. The number of piperidine rings is 1. The molecular weight excluding hydrogens is 578 g/mol. The van der Waals surface area contributed by atoms with E-state index < -0.39 is 17.8 Å². The second-order valence-electron chi connectivity index (χ2n) is 12.1. The maximum Gasteiger partial charge on any atom is 0.305 e. The molecular formula is C30H33N3O7S2. The fourth-order valence-electron chi connectivity index (χ4n) is 8.28. The van der Waals surface area contributed by atoms with Crippen molar-refractivity contribution >= 4 is 46.8 Å². The number of fused-ring (bicyclic) bond motifs is 9. The van der Waals surface area contributed by atoms with E-state index in [0.717, 1.165) is 54.2 Å². The molecule has 7 atom stereocenters. The van der Waals surface area contributed by atoms with Crippen molar-refractivity contribution in [3.63, 3.8) is 0 Å². The molecule has 7 rings (SSSR count). The van der Waals surface area contributed by atoms with E-state index >= 15 is 0 Å². The number of para-hydroxylation sites is 1. The molecule has 3 aliphatic heterocycles. The number of likely N-dealkylation sites (tertiary alicyclic amines) is 2. The predicted octanol–water partition coefficient (Wildman–Crippen LogP) is 3.17. The lowest BCUT2D eigenvalue weighted by Gasteiger charge is -2.43. The Labute approximate surface area is 250 Å². The number of thiazole rings is 1. The summed E-state index contributed by atoms with van der Waals surface area (Å²) < 4.78 is 6.20. The van der Waals surface area contributed by atoms with Crippen LogP contribution in [-0.2, 0) is 19.2 Å². The second-order valence-corrected chi connectivity index (χ2v) is 14.3. The summed E-state index contributed by atoms with van der Waals surface area (Å²) in [4.78, 5) is 70.7. The molecule has 4 heterocycles. The summed E-state index contributed by atoms with van der Waals surface area (Å²) in [6.45, 7) is 1.57. The average molecular weight is 612 g/mol. The number of nitrogens with one attached hydrogen (secondary N) is 1. The summed E-state index contributed by atoms with van der Waals surface area (Å²) in [6, 6.07) is 7.68. The molecule has 2 N–H and O–H groups in total. The highest BCUT2D eigenvalue weighted by Gasteiger charge is 2.69. The number of ether oxygens (including phenoxy) is 1. The molecule has 1 aromatic carbocycles. The van der Waals surface area contributed by atoms with Crippen LogP contribution in [0.25, 0.3) is 0 Å². The maximum absolute atomic E-state index is 13.7. The topological polar surface area (TPSA) is 137 Å². The van der Waals surface area contributed by atoms with Gasteiger partial charge in [0.15, 0.2) is 6.61 Å². The van der Waals surface area contributed by atoms with Gasteiger partial charge in [-0.15, -0.1) is 11.8 Å². The molecule has 5 aliphatic rings. The minimum Gasteiger partial charge on any atom is -0.483 e. The first-order valence-corrected chi connectivity index (χ1v) is 16.5. The van der Waals surface area contributed by atoms with E-state index in [0.29, 0.717) is 5.75 Å². The van der Waals surface area contributed by atoms with Gasteiger partial charge in [-0.05, 0) is 55.9 Å². The highest BCUT2D eigenvalue weighted by Crippen LogP contribution is 2.69. The Morgan fingerprint density at radius 3 is 2.52 bits per heavy atom. The predicted molar refractivity (Wildman–Crippen MR) is 154 cm³/mol. The molecule has 2 saturated heterocycles. The van der Waals surface area contributed by atoms with Crippen molar-refractivity contribution in [1.82, 2.24) is 14.8 Å². The number of rotatable bonds is 8. The molecule has 3 amide bonds. The number of thioether (sulfide) groups is 1. The number of carboxylic acids is 1. The monoisotopic (exact) mass is 611 g/mol. The summed E-state index contributed by atoms with van der Waals surface area (Å²) in [6.07, 6.45) is 4.06. The molecule has 4 fully saturated rings. The lowest BCUT2D eigenvalue weighted by atomic mass is 9.68. The maximum atomic E-state index is 13.7. The largest absolute Gasteiger partial charge is 0.483 e. The zero-order chi connectivity index (χ0) is 29.1. The van der Waals surface area contributed by atoms with Crippen LogP contribution in [-0.4, -0.2) is 75.1 Å². The first-order valence-electron chi connectivity index (χ1n) is 14.8. The van der Waals surface area contributed by atoms with Crippen molar-refractivity contribution in [3.8, 4) is 5.75 Å². The third kappa shape index (κ3) is 4.49. The number of benzene rings is 1. The minimum atomic E-state index is -0.946. The van der Waals surface area contributed by atoms with Crippen LogP contribution in [0.3, 0.4) is 0 Å². The van der Waals surface area contributed by atoms with Crippen LogP contribution in [0.5, 0.6) is 5.75 Å². The van der Waals surface area contributed by atoms with Gasteiger partial charge in [-0.1, -0.05) is 29.5 Å². The number of aliphatic carboxylic acids is 1. The number of imide groups is 1. The Morgan fingerprint density at radius 1 is 1.02 bits per heavy atom. The fourth-order valence-corrected chi connectivity index (χ4v) is 11.2. The second kappa shape index (κ2) is 10.9. The number of aromatic amines is 1. The molecule has 0 spiro atoms.